The van der Waals surface area contributed by atoms with Gasteiger partial charge >= 0.3 is 0 Å². The largest absolute Gasteiger partial charge is 0.494 e. The van der Waals surface area contributed by atoms with Crippen LogP contribution in [-0.2, 0) is 0 Å². The molecule has 0 aliphatic rings. The lowest BCUT2D eigenvalue weighted by molar-refractivity contribution is 0.101. The summed E-state index contributed by atoms with van der Waals surface area (Å²) < 4.78 is 7.02. The SMILES string of the molecule is CCOc1ccc(NC(=O)c2nc(-c3cccc(Cl)c3)n(-c3ccc(Cl)cc3)n2)cc1. The second-order valence-electron chi connectivity index (χ2n) is 6.57. The van der Waals surface area contributed by atoms with E-state index in [-0.39, 0.29) is 5.82 Å². The van der Waals surface area contributed by atoms with Crippen LogP contribution in [-0.4, -0.2) is 27.3 Å². The first-order valence-electron chi connectivity index (χ1n) is 9.56. The topological polar surface area (TPSA) is 69.0 Å². The molecule has 0 radical (unpaired) electrons. The van der Waals surface area contributed by atoms with Crippen LogP contribution in [0.4, 0.5) is 5.69 Å². The number of nitrogens with zero attached hydrogens (tertiary/aromatic N) is 3. The number of hydrogen-bond acceptors (Lipinski definition) is 4. The monoisotopic (exact) mass is 452 g/mol. The van der Waals surface area contributed by atoms with E-state index in [1.54, 1.807) is 65.3 Å². The molecule has 31 heavy (non-hydrogen) atoms. The Kier molecular flexibility index (Phi) is 6.21. The van der Waals surface area contributed by atoms with Crippen molar-refractivity contribution in [2.75, 3.05) is 11.9 Å². The number of benzene rings is 3. The summed E-state index contributed by atoms with van der Waals surface area (Å²) in [6.45, 7) is 2.49. The van der Waals surface area contributed by atoms with Crippen LogP contribution in [0.1, 0.15) is 17.5 Å². The summed E-state index contributed by atoms with van der Waals surface area (Å²) in [7, 11) is 0. The van der Waals surface area contributed by atoms with Gasteiger partial charge in [0.1, 0.15) is 5.75 Å². The van der Waals surface area contributed by atoms with Crippen molar-refractivity contribution in [1.82, 2.24) is 14.8 Å². The molecule has 0 spiro atoms. The van der Waals surface area contributed by atoms with Gasteiger partial charge in [-0.1, -0.05) is 35.3 Å². The van der Waals surface area contributed by atoms with Crippen molar-refractivity contribution in [1.29, 1.82) is 0 Å². The van der Waals surface area contributed by atoms with E-state index in [0.717, 1.165) is 11.3 Å². The van der Waals surface area contributed by atoms with Crippen LogP contribution < -0.4 is 10.1 Å². The molecule has 0 unspecified atom stereocenters. The van der Waals surface area contributed by atoms with Crippen LogP contribution in [0.15, 0.2) is 72.8 Å². The van der Waals surface area contributed by atoms with Gasteiger partial charge in [0.15, 0.2) is 5.82 Å². The molecule has 0 fully saturated rings. The summed E-state index contributed by atoms with van der Waals surface area (Å²) in [5.74, 6) is 0.814. The lowest BCUT2D eigenvalue weighted by Gasteiger charge is -2.06. The molecule has 0 saturated carbocycles. The van der Waals surface area contributed by atoms with Gasteiger partial charge in [0, 0.05) is 21.3 Å². The Morgan fingerprint density at radius 2 is 1.74 bits per heavy atom. The zero-order chi connectivity index (χ0) is 21.8. The third kappa shape index (κ3) is 4.87. The highest BCUT2D eigenvalue weighted by molar-refractivity contribution is 6.31. The maximum Gasteiger partial charge on any atom is 0.295 e. The molecule has 0 saturated heterocycles. The Morgan fingerprint density at radius 3 is 2.42 bits per heavy atom. The number of carbonyl (C=O) groups is 1. The second kappa shape index (κ2) is 9.20. The quantitative estimate of drug-likeness (QED) is 0.395. The zero-order valence-corrected chi connectivity index (χ0v) is 18.1. The maximum atomic E-state index is 12.8. The van der Waals surface area contributed by atoms with E-state index >= 15 is 0 Å². The number of rotatable bonds is 6. The normalized spacial score (nSPS) is 10.7. The van der Waals surface area contributed by atoms with Crippen molar-refractivity contribution in [3.63, 3.8) is 0 Å². The van der Waals surface area contributed by atoms with Gasteiger partial charge < -0.3 is 10.1 Å². The molecule has 1 heterocycles. The molecule has 0 bridgehead atoms. The molecule has 4 rings (SSSR count). The average molecular weight is 453 g/mol. The standard InChI is InChI=1S/C23H18Cl2N4O2/c1-2-31-20-12-8-18(9-13-20)26-23(30)21-27-22(15-4-3-5-17(25)14-15)29(28-21)19-10-6-16(24)7-11-19/h3-14H,2H2,1H3,(H,26,30). The Balaban J connectivity index is 1.68. The minimum absolute atomic E-state index is 0.0267. The summed E-state index contributed by atoms with van der Waals surface area (Å²) in [5.41, 5.74) is 2.06. The first-order valence-corrected chi connectivity index (χ1v) is 10.3. The molecule has 0 aliphatic heterocycles. The average Bonchev–Trinajstić information content (AvgIpc) is 3.22. The lowest BCUT2D eigenvalue weighted by atomic mass is 10.2. The van der Waals surface area contributed by atoms with E-state index in [9.17, 15) is 4.79 Å². The fraction of sp³-hybridized carbons (Fsp3) is 0.0870. The van der Waals surface area contributed by atoms with Gasteiger partial charge in [-0.25, -0.2) is 9.67 Å². The van der Waals surface area contributed by atoms with Gasteiger partial charge in [0.05, 0.1) is 12.3 Å². The summed E-state index contributed by atoms with van der Waals surface area (Å²) in [5, 5.41) is 8.41. The number of amides is 1. The maximum absolute atomic E-state index is 12.8. The minimum Gasteiger partial charge on any atom is -0.494 e. The molecule has 8 heteroatoms. The van der Waals surface area contributed by atoms with E-state index in [1.807, 2.05) is 19.1 Å². The molecule has 4 aromatic rings. The van der Waals surface area contributed by atoms with Crippen LogP contribution >= 0.6 is 23.2 Å². The van der Waals surface area contributed by atoms with Crippen LogP contribution in [0.2, 0.25) is 10.0 Å². The van der Waals surface area contributed by atoms with Crippen LogP contribution in [0.3, 0.4) is 0 Å². The third-order valence-electron chi connectivity index (χ3n) is 4.39. The number of aromatic nitrogens is 3. The van der Waals surface area contributed by atoms with E-state index in [2.05, 4.69) is 15.4 Å². The number of nitrogens with one attached hydrogen (secondary N) is 1. The van der Waals surface area contributed by atoms with E-state index in [0.29, 0.717) is 33.9 Å². The number of ether oxygens (including phenoxy) is 1. The van der Waals surface area contributed by atoms with Crippen LogP contribution in [0.25, 0.3) is 17.1 Å². The fourth-order valence-electron chi connectivity index (χ4n) is 2.97. The van der Waals surface area contributed by atoms with Crippen LogP contribution in [0, 0.1) is 0 Å². The van der Waals surface area contributed by atoms with Gasteiger partial charge in [0.25, 0.3) is 5.91 Å². The van der Waals surface area contributed by atoms with Gasteiger partial charge in [-0.05, 0) is 67.6 Å². The zero-order valence-electron chi connectivity index (χ0n) is 16.5. The molecule has 1 amide bonds. The molecular weight excluding hydrogens is 435 g/mol. The molecular formula is C23H18Cl2N4O2. The minimum atomic E-state index is -0.430. The van der Waals surface area contributed by atoms with E-state index in [4.69, 9.17) is 27.9 Å². The molecule has 0 atom stereocenters. The van der Waals surface area contributed by atoms with Crippen LogP contribution in [0.5, 0.6) is 5.75 Å². The number of hydrogen-bond donors (Lipinski definition) is 1. The van der Waals surface area contributed by atoms with E-state index in [1.165, 1.54) is 0 Å². The molecule has 1 aromatic heterocycles. The van der Waals surface area contributed by atoms with Gasteiger partial charge in [-0.15, -0.1) is 5.10 Å². The highest BCUT2D eigenvalue weighted by atomic mass is 35.5. The molecule has 1 N–H and O–H groups in total. The Labute approximate surface area is 189 Å². The molecule has 0 aliphatic carbocycles. The summed E-state index contributed by atoms with van der Waals surface area (Å²) in [4.78, 5) is 17.3. The molecule has 6 nitrogen and oxygen atoms in total. The second-order valence-corrected chi connectivity index (χ2v) is 7.44. The summed E-state index contributed by atoms with van der Waals surface area (Å²) >= 11 is 12.2. The van der Waals surface area contributed by atoms with Gasteiger partial charge in [0.2, 0.25) is 5.82 Å². The Hall–Kier alpha value is -3.35. The predicted octanol–water partition coefficient (Wildman–Crippen LogP) is 5.89. The van der Waals surface area contributed by atoms with Gasteiger partial charge in [-0.2, -0.15) is 0 Å². The van der Waals surface area contributed by atoms with Crippen molar-refractivity contribution < 1.29 is 9.53 Å². The predicted molar refractivity (Wildman–Crippen MR) is 122 cm³/mol. The Morgan fingerprint density at radius 1 is 1.00 bits per heavy atom. The van der Waals surface area contributed by atoms with Gasteiger partial charge in [-0.3, -0.25) is 4.79 Å². The van der Waals surface area contributed by atoms with Crippen molar-refractivity contribution in [2.24, 2.45) is 0 Å². The smallest absolute Gasteiger partial charge is 0.295 e. The number of halogens is 2. The summed E-state index contributed by atoms with van der Waals surface area (Å²) in [6, 6.07) is 21.4. The van der Waals surface area contributed by atoms with E-state index < -0.39 is 5.91 Å². The fourth-order valence-corrected chi connectivity index (χ4v) is 3.29. The van der Waals surface area contributed by atoms with Crippen molar-refractivity contribution >= 4 is 34.8 Å². The lowest BCUT2D eigenvalue weighted by Crippen LogP contribution is -2.14. The number of carbonyl (C=O) groups excluding carboxylic acids is 1. The molecule has 156 valence electrons. The van der Waals surface area contributed by atoms with Crippen molar-refractivity contribution in [3.8, 4) is 22.8 Å². The third-order valence-corrected chi connectivity index (χ3v) is 4.87. The first-order chi connectivity index (χ1) is 15.0. The Bertz CT molecular complexity index is 1210. The highest BCUT2D eigenvalue weighted by Crippen LogP contribution is 2.25. The number of anilines is 1. The van der Waals surface area contributed by atoms with Crippen molar-refractivity contribution in [2.45, 2.75) is 6.92 Å². The highest BCUT2D eigenvalue weighted by Gasteiger charge is 2.19. The summed E-state index contributed by atoms with van der Waals surface area (Å²) in [6.07, 6.45) is 0. The van der Waals surface area contributed by atoms with Crippen molar-refractivity contribution in [3.05, 3.63) is 88.7 Å². The first kappa shape index (κ1) is 20.9. The molecule has 3 aromatic carbocycles.